The minimum Gasteiger partial charge on any atom is -0.497 e. The number of carbonyl (C=O) groups excluding carboxylic acids is 1. The molecule has 0 saturated heterocycles. The summed E-state index contributed by atoms with van der Waals surface area (Å²) < 4.78 is 12.1. The van der Waals surface area contributed by atoms with Crippen molar-refractivity contribution >= 4 is 11.6 Å². The van der Waals surface area contributed by atoms with Crippen molar-refractivity contribution in [2.24, 2.45) is 0 Å². The van der Waals surface area contributed by atoms with Crippen LogP contribution in [0.15, 0.2) is 60.8 Å². The van der Waals surface area contributed by atoms with Gasteiger partial charge in [0.05, 0.1) is 24.7 Å². The van der Waals surface area contributed by atoms with Gasteiger partial charge in [0, 0.05) is 18.3 Å². The minimum absolute atomic E-state index is 0.0639. The first-order valence-corrected chi connectivity index (χ1v) is 9.55. The maximum absolute atomic E-state index is 12.5. The zero-order chi connectivity index (χ0) is 23.1. The number of hydrogen-bond donors (Lipinski definition) is 3. The van der Waals surface area contributed by atoms with Crippen molar-refractivity contribution in [2.45, 2.75) is 18.9 Å². The normalized spacial score (nSPS) is 12.6. The van der Waals surface area contributed by atoms with Crippen LogP contribution < -0.4 is 14.8 Å². The topological polar surface area (TPSA) is 149 Å². The molecule has 11 nitrogen and oxygen atoms in total. The van der Waals surface area contributed by atoms with Gasteiger partial charge in [-0.3, -0.25) is 14.9 Å². The molecule has 3 rings (SSSR count). The van der Waals surface area contributed by atoms with E-state index < -0.39 is 29.6 Å². The number of benzene rings is 2. The molecule has 0 bridgehead atoms. The average Bonchev–Trinajstić information content (AvgIpc) is 3.30. The predicted octanol–water partition coefficient (Wildman–Crippen LogP) is 1.66. The van der Waals surface area contributed by atoms with Crippen LogP contribution in [0.25, 0.3) is 0 Å². The van der Waals surface area contributed by atoms with E-state index in [1.54, 1.807) is 37.6 Å². The van der Waals surface area contributed by atoms with Gasteiger partial charge in [-0.25, -0.2) is 4.68 Å². The van der Waals surface area contributed by atoms with E-state index in [1.807, 2.05) is 0 Å². The summed E-state index contributed by atoms with van der Waals surface area (Å²) >= 11 is 0. The van der Waals surface area contributed by atoms with Crippen molar-refractivity contribution in [3.05, 3.63) is 82.2 Å². The number of nitrogens with one attached hydrogen (secondary N) is 1. The second kappa shape index (κ2) is 10.4. The van der Waals surface area contributed by atoms with Crippen LogP contribution in [0.1, 0.15) is 22.2 Å². The van der Waals surface area contributed by atoms with Crippen LogP contribution >= 0.6 is 0 Å². The smallest absolute Gasteiger partial charge is 0.272 e. The lowest BCUT2D eigenvalue weighted by atomic mass is 10.0. The molecule has 0 radical (unpaired) electrons. The summed E-state index contributed by atoms with van der Waals surface area (Å²) in [7, 11) is 1.57. The van der Waals surface area contributed by atoms with Crippen molar-refractivity contribution in [1.82, 2.24) is 15.1 Å². The lowest BCUT2D eigenvalue weighted by molar-refractivity contribution is -0.384. The van der Waals surface area contributed by atoms with E-state index in [0.717, 1.165) is 0 Å². The second-order valence-electron chi connectivity index (χ2n) is 6.75. The molecule has 1 amide bonds. The van der Waals surface area contributed by atoms with E-state index in [2.05, 4.69) is 10.4 Å². The molecule has 0 aliphatic rings. The Morgan fingerprint density at radius 3 is 2.41 bits per heavy atom. The van der Waals surface area contributed by atoms with Gasteiger partial charge in [0.2, 0.25) is 0 Å². The van der Waals surface area contributed by atoms with Crippen molar-refractivity contribution < 1.29 is 29.4 Å². The lowest BCUT2D eigenvalue weighted by Crippen LogP contribution is -2.42. The number of methoxy groups -OCH3 is 1. The van der Waals surface area contributed by atoms with Crippen LogP contribution in [0.3, 0.4) is 0 Å². The highest BCUT2D eigenvalue weighted by molar-refractivity contribution is 5.92. The van der Waals surface area contributed by atoms with Gasteiger partial charge < -0.3 is 25.0 Å². The molecule has 2 atom stereocenters. The summed E-state index contributed by atoms with van der Waals surface area (Å²) in [5.74, 6) is 0.692. The number of rotatable bonds is 10. The number of aliphatic hydroxyl groups is 2. The van der Waals surface area contributed by atoms with E-state index in [4.69, 9.17) is 9.47 Å². The molecule has 1 aromatic heterocycles. The number of nitro benzene ring substituents is 1. The molecule has 2 unspecified atom stereocenters. The molecular formula is C21H22N4O7. The largest absolute Gasteiger partial charge is 0.497 e. The number of amides is 1. The summed E-state index contributed by atoms with van der Waals surface area (Å²) in [6, 6.07) is 12.6. The Morgan fingerprint density at radius 1 is 1.16 bits per heavy atom. The van der Waals surface area contributed by atoms with Crippen molar-refractivity contribution in [1.29, 1.82) is 0 Å². The highest BCUT2D eigenvalue weighted by atomic mass is 16.6. The SMILES string of the molecule is COc1ccc(OCn2ccc(C(=O)NC(CO)C(O)c3ccc([N+](=O)[O-])cc3)n2)cc1. The first-order valence-electron chi connectivity index (χ1n) is 9.55. The Hall–Kier alpha value is -3.96. The molecule has 32 heavy (non-hydrogen) atoms. The fraction of sp³-hybridized carbons (Fsp3) is 0.238. The van der Waals surface area contributed by atoms with Crippen LogP contribution in [0.4, 0.5) is 5.69 Å². The van der Waals surface area contributed by atoms with E-state index in [-0.39, 0.29) is 18.1 Å². The monoisotopic (exact) mass is 442 g/mol. The Balaban J connectivity index is 1.58. The molecule has 2 aromatic carbocycles. The van der Waals surface area contributed by atoms with E-state index in [0.29, 0.717) is 17.1 Å². The fourth-order valence-electron chi connectivity index (χ4n) is 2.86. The first kappa shape index (κ1) is 22.7. The Morgan fingerprint density at radius 2 is 1.81 bits per heavy atom. The van der Waals surface area contributed by atoms with Crippen LogP contribution in [-0.2, 0) is 6.73 Å². The molecule has 0 saturated carbocycles. The highest BCUT2D eigenvalue weighted by Gasteiger charge is 2.24. The number of non-ortho nitro benzene ring substituents is 1. The number of carbonyl (C=O) groups is 1. The minimum atomic E-state index is -1.27. The number of nitro groups is 1. The highest BCUT2D eigenvalue weighted by Crippen LogP contribution is 2.21. The van der Waals surface area contributed by atoms with Gasteiger partial charge in [-0.1, -0.05) is 0 Å². The Kier molecular flexibility index (Phi) is 7.37. The molecule has 168 valence electrons. The Labute approximate surface area is 183 Å². The molecule has 0 aliphatic carbocycles. The van der Waals surface area contributed by atoms with Crippen LogP contribution in [0.2, 0.25) is 0 Å². The molecule has 0 spiro atoms. The number of aliphatic hydroxyl groups excluding tert-OH is 2. The standard InChI is InChI=1S/C21H22N4O7/c1-31-16-6-8-17(9-7-16)32-13-24-11-10-18(23-24)21(28)22-19(12-26)20(27)14-2-4-15(5-3-14)25(29)30/h2-11,19-20,26-27H,12-13H2,1H3,(H,22,28). The third-order valence-corrected chi connectivity index (χ3v) is 4.64. The van der Waals surface area contributed by atoms with Crippen molar-refractivity contribution in [3.63, 3.8) is 0 Å². The van der Waals surface area contributed by atoms with Gasteiger partial charge >= 0.3 is 0 Å². The van der Waals surface area contributed by atoms with E-state index in [1.165, 1.54) is 35.0 Å². The second-order valence-corrected chi connectivity index (χ2v) is 6.75. The number of aromatic nitrogens is 2. The molecule has 11 heteroatoms. The van der Waals surface area contributed by atoms with Gasteiger partial charge in [0.1, 0.15) is 23.3 Å². The van der Waals surface area contributed by atoms with E-state index >= 15 is 0 Å². The zero-order valence-electron chi connectivity index (χ0n) is 17.1. The number of ether oxygens (including phenoxy) is 2. The summed E-state index contributed by atoms with van der Waals surface area (Å²) in [6.45, 7) is -0.486. The van der Waals surface area contributed by atoms with E-state index in [9.17, 15) is 25.1 Å². The van der Waals surface area contributed by atoms with Crippen LogP contribution in [0, 0.1) is 10.1 Å². The third kappa shape index (κ3) is 5.59. The molecule has 0 fully saturated rings. The predicted molar refractivity (Wildman–Crippen MR) is 112 cm³/mol. The van der Waals surface area contributed by atoms with Crippen LogP contribution in [-0.4, -0.2) is 50.6 Å². The summed E-state index contributed by atoms with van der Waals surface area (Å²) in [6.07, 6.45) is 0.282. The molecule has 0 aliphatic heterocycles. The van der Waals surface area contributed by atoms with Gasteiger partial charge in [0.25, 0.3) is 11.6 Å². The summed E-state index contributed by atoms with van der Waals surface area (Å²) in [5, 5.41) is 37.5. The maximum atomic E-state index is 12.5. The molecule has 3 N–H and O–H groups in total. The first-order chi connectivity index (χ1) is 15.4. The molecule has 1 heterocycles. The Bertz CT molecular complexity index is 1050. The number of hydrogen-bond acceptors (Lipinski definition) is 8. The molecular weight excluding hydrogens is 420 g/mol. The fourth-order valence-corrected chi connectivity index (χ4v) is 2.86. The van der Waals surface area contributed by atoms with Gasteiger partial charge in [0.15, 0.2) is 6.73 Å². The van der Waals surface area contributed by atoms with Gasteiger partial charge in [-0.05, 0) is 48.0 Å². The van der Waals surface area contributed by atoms with Gasteiger partial charge in [-0.15, -0.1) is 0 Å². The lowest BCUT2D eigenvalue weighted by Gasteiger charge is -2.22. The number of nitrogens with zero attached hydrogens (tertiary/aromatic N) is 3. The van der Waals surface area contributed by atoms with Crippen molar-refractivity contribution in [2.75, 3.05) is 13.7 Å². The van der Waals surface area contributed by atoms with Gasteiger partial charge in [-0.2, -0.15) is 5.10 Å². The zero-order valence-corrected chi connectivity index (χ0v) is 17.1. The van der Waals surface area contributed by atoms with Crippen LogP contribution in [0.5, 0.6) is 11.5 Å². The molecule has 3 aromatic rings. The summed E-state index contributed by atoms with van der Waals surface area (Å²) in [4.78, 5) is 22.7. The maximum Gasteiger partial charge on any atom is 0.272 e. The summed E-state index contributed by atoms with van der Waals surface area (Å²) in [5.41, 5.74) is 0.249. The van der Waals surface area contributed by atoms with Crippen molar-refractivity contribution in [3.8, 4) is 11.5 Å². The quantitative estimate of drug-likeness (QED) is 0.317. The average molecular weight is 442 g/mol. The third-order valence-electron chi connectivity index (χ3n) is 4.64.